The predicted octanol–water partition coefficient (Wildman–Crippen LogP) is 5.22. The first-order valence-electron chi connectivity index (χ1n) is 8.10. The van der Waals surface area contributed by atoms with Crippen LogP contribution in [0.25, 0.3) is 11.1 Å². The zero-order valence-electron chi connectivity index (χ0n) is 13.2. The van der Waals surface area contributed by atoms with E-state index in [2.05, 4.69) is 15.9 Å². The molecule has 2 aliphatic rings. The van der Waals surface area contributed by atoms with Gasteiger partial charge in [0.2, 0.25) is 0 Å². The van der Waals surface area contributed by atoms with Crippen LogP contribution in [0, 0.1) is 5.82 Å². The van der Waals surface area contributed by atoms with Crippen molar-refractivity contribution in [2.24, 2.45) is 0 Å². The lowest BCUT2D eigenvalue weighted by atomic mass is 9.95. The number of benzene rings is 2. The monoisotopic (exact) mass is 409 g/mol. The van der Waals surface area contributed by atoms with Crippen LogP contribution in [0.5, 0.6) is 0 Å². The highest BCUT2D eigenvalue weighted by molar-refractivity contribution is 9.10. The first kappa shape index (κ1) is 16.6. The van der Waals surface area contributed by atoms with Gasteiger partial charge in [-0.25, -0.2) is 13.2 Å². The number of hydrogen-bond donors (Lipinski definition) is 0. The van der Waals surface area contributed by atoms with Crippen molar-refractivity contribution in [3.63, 3.8) is 0 Å². The maximum absolute atomic E-state index is 13.7. The van der Waals surface area contributed by atoms with Crippen LogP contribution in [0.4, 0.5) is 13.2 Å². The van der Waals surface area contributed by atoms with Crippen LogP contribution in [0.1, 0.15) is 34.7 Å². The fourth-order valence-electron chi connectivity index (χ4n) is 3.19. The second-order valence-corrected chi connectivity index (χ2v) is 7.67. The highest BCUT2D eigenvalue weighted by Crippen LogP contribution is 2.43. The zero-order chi connectivity index (χ0) is 17.8. The van der Waals surface area contributed by atoms with Crippen LogP contribution in [-0.4, -0.2) is 29.8 Å². The summed E-state index contributed by atoms with van der Waals surface area (Å²) in [7, 11) is 0. The Morgan fingerprint density at radius 3 is 2.48 bits per heavy atom. The first-order valence-corrected chi connectivity index (χ1v) is 8.89. The Labute approximate surface area is 151 Å². The van der Waals surface area contributed by atoms with Crippen LogP contribution >= 0.6 is 15.9 Å². The van der Waals surface area contributed by atoms with Crippen molar-refractivity contribution in [2.45, 2.75) is 24.7 Å². The SMILES string of the molecule is O=C(c1cc(F)ccc1-c1cc(Br)cc(C2CC2)c1)N1CC(F)(F)C1. The van der Waals surface area contributed by atoms with E-state index in [-0.39, 0.29) is 5.56 Å². The lowest BCUT2D eigenvalue weighted by molar-refractivity contribution is -0.113. The highest BCUT2D eigenvalue weighted by Gasteiger charge is 2.46. The van der Waals surface area contributed by atoms with E-state index in [1.165, 1.54) is 11.6 Å². The molecule has 0 unspecified atom stereocenters. The minimum absolute atomic E-state index is 0.121. The maximum atomic E-state index is 13.7. The number of rotatable bonds is 3. The van der Waals surface area contributed by atoms with Crippen LogP contribution in [0.15, 0.2) is 40.9 Å². The van der Waals surface area contributed by atoms with Gasteiger partial charge in [-0.2, -0.15) is 0 Å². The molecule has 1 saturated carbocycles. The molecule has 1 aliphatic heterocycles. The van der Waals surface area contributed by atoms with Crippen LogP contribution < -0.4 is 0 Å². The molecular weight excluding hydrogens is 395 g/mol. The van der Waals surface area contributed by atoms with Crippen molar-refractivity contribution < 1.29 is 18.0 Å². The molecule has 130 valence electrons. The van der Waals surface area contributed by atoms with Gasteiger partial charge in [-0.15, -0.1) is 0 Å². The number of halogens is 4. The van der Waals surface area contributed by atoms with Crippen molar-refractivity contribution in [3.05, 3.63) is 57.8 Å². The van der Waals surface area contributed by atoms with E-state index in [0.717, 1.165) is 33.8 Å². The Bertz CT molecular complexity index is 856. The van der Waals surface area contributed by atoms with E-state index in [9.17, 15) is 18.0 Å². The average Bonchev–Trinajstić information content (AvgIpc) is 3.36. The van der Waals surface area contributed by atoms with Gasteiger partial charge in [0.25, 0.3) is 11.8 Å². The number of nitrogens with zero attached hydrogens (tertiary/aromatic N) is 1. The molecule has 0 radical (unpaired) electrons. The summed E-state index contributed by atoms with van der Waals surface area (Å²) in [5, 5.41) is 0. The second-order valence-electron chi connectivity index (χ2n) is 6.75. The summed E-state index contributed by atoms with van der Waals surface area (Å²) in [5.74, 6) is -3.45. The summed E-state index contributed by atoms with van der Waals surface area (Å²) in [4.78, 5) is 13.6. The van der Waals surface area contributed by atoms with Gasteiger partial charge in [-0.05, 0) is 59.7 Å². The molecule has 0 bridgehead atoms. The molecule has 25 heavy (non-hydrogen) atoms. The molecule has 0 atom stereocenters. The zero-order valence-corrected chi connectivity index (χ0v) is 14.8. The largest absolute Gasteiger partial charge is 0.326 e. The third-order valence-electron chi connectivity index (χ3n) is 4.62. The normalized spacial score (nSPS) is 18.8. The minimum Gasteiger partial charge on any atom is -0.326 e. The van der Waals surface area contributed by atoms with Gasteiger partial charge in [-0.1, -0.05) is 28.1 Å². The Morgan fingerprint density at radius 1 is 1.12 bits per heavy atom. The number of hydrogen-bond acceptors (Lipinski definition) is 1. The summed E-state index contributed by atoms with van der Waals surface area (Å²) < 4.78 is 40.8. The summed E-state index contributed by atoms with van der Waals surface area (Å²) in [5.41, 5.74) is 2.63. The number of alkyl halides is 2. The van der Waals surface area contributed by atoms with Crippen LogP contribution in [-0.2, 0) is 0 Å². The van der Waals surface area contributed by atoms with Gasteiger partial charge >= 0.3 is 0 Å². The van der Waals surface area contributed by atoms with E-state index < -0.39 is 30.7 Å². The molecule has 1 amide bonds. The molecule has 1 aliphatic carbocycles. The van der Waals surface area contributed by atoms with E-state index in [0.29, 0.717) is 11.5 Å². The smallest absolute Gasteiger partial charge is 0.282 e. The van der Waals surface area contributed by atoms with E-state index in [4.69, 9.17) is 0 Å². The fourth-order valence-corrected chi connectivity index (χ4v) is 3.70. The van der Waals surface area contributed by atoms with E-state index in [1.807, 2.05) is 18.2 Å². The molecule has 1 saturated heterocycles. The van der Waals surface area contributed by atoms with Crippen molar-refractivity contribution in [2.75, 3.05) is 13.1 Å². The quantitative estimate of drug-likeness (QED) is 0.679. The van der Waals surface area contributed by atoms with Crippen molar-refractivity contribution >= 4 is 21.8 Å². The van der Waals surface area contributed by atoms with Crippen molar-refractivity contribution in [3.8, 4) is 11.1 Å². The topological polar surface area (TPSA) is 20.3 Å². The molecule has 2 aromatic rings. The molecule has 2 fully saturated rings. The Kier molecular flexibility index (Phi) is 3.90. The average molecular weight is 410 g/mol. The van der Waals surface area contributed by atoms with Crippen LogP contribution in [0.2, 0.25) is 0 Å². The molecule has 4 rings (SSSR count). The molecule has 1 heterocycles. The van der Waals surface area contributed by atoms with Gasteiger partial charge in [0.1, 0.15) is 5.82 Å². The van der Waals surface area contributed by atoms with E-state index in [1.54, 1.807) is 6.07 Å². The van der Waals surface area contributed by atoms with Gasteiger partial charge in [0, 0.05) is 4.47 Å². The van der Waals surface area contributed by atoms with Gasteiger partial charge < -0.3 is 4.90 Å². The summed E-state index contributed by atoms with van der Waals surface area (Å²) in [6.07, 6.45) is 2.27. The maximum Gasteiger partial charge on any atom is 0.282 e. The number of carbonyl (C=O) groups is 1. The number of likely N-dealkylation sites (tertiary alicyclic amines) is 1. The molecular formula is C19H15BrF3NO. The Morgan fingerprint density at radius 2 is 1.84 bits per heavy atom. The molecule has 2 nitrogen and oxygen atoms in total. The van der Waals surface area contributed by atoms with Gasteiger partial charge in [0.05, 0.1) is 18.7 Å². The molecule has 0 N–H and O–H groups in total. The molecule has 2 aromatic carbocycles. The Hall–Kier alpha value is -1.82. The predicted molar refractivity (Wildman–Crippen MR) is 92.4 cm³/mol. The summed E-state index contributed by atoms with van der Waals surface area (Å²) in [6.45, 7) is -1.23. The lowest BCUT2D eigenvalue weighted by Crippen LogP contribution is -2.58. The highest BCUT2D eigenvalue weighted by atomic mass is 79.9. The second kappa shape index (κ2) is 5.87. The minimum atomic E-state index is -2.85. The van der Waals surface area contributed by atoms with Crippen molar-refractivity contribution in [1.82, 2.24) is 4.90 Å². The standard InChI is InChI=1S/C19H15BrF3NO/c20-14-6-12(11-1-2-11)5-13(7-14)16-4-3-15(21)8-17(16)18(25)24-9-19(22,23)10-24/h3-8,11H,1-2,9-10H2. The molecule has 0 aromatic heterocycles. The summed E-state index contributed by atoms with van der Waals surface area (Å²) in [6, 6.07) is 9.86. The molecule has 0 spiro atoms. The number of amides is 1. The third kappa shape index (κ3) is 3.32. The summed E-state index contributed by atoms with van der Waals surface area (Å²) >= 11 is 3.48. The first-order chi connectivity index (χ1) is 11.8. The Balaban J connectivity index is 1.74. The van der Waals surface area contributed by atoms with E-state index >= 15 is 0 Å². The fraction of sp³-hybridized carbons (Fsp3) is 0.316. The lowest BCUT2D eigenvalue weighted by Gasteiger charge is -2.39. The van der Waals surface area contributed by atoms with Crippen LogP contribution in [0.3, 0.4) is 0 Å². The third-order valence-corrected chi connectivity index (χ3v) is 5.08. The van der Waals surface area contributed by atoms with Gasteiger partial charge in [-0.3, -0.25) is 4.79 Å². The van der Waals surface area contributed by atoms with Crippen molar-refractivity contribution in [1.29, 1.82) is 0 Å². The molecule has 6 heteroatoms. The van der Waals surface area contributed by atoms with Gasteiger partial charge in [0.15, 0.2) is 0 Å². The number of carbonyl (C=O) groups excluding carboxylic acids is 1.